The average molecular weight is 316 g/mol. The first kappa shape index (κ1) is 15.4. The number of nitrogens with one attached hydrogen (secondary N) is 1. The fourth-order valence-corrected chi connectivity index (χ4v) is 4.00. The standard InChI is InChI=1S/C12H13FN2O5S/c13-8-3-4-11(15(17)18)10(6-8)12(16)14-7-9-2-1-5-21(9,19)20/h3-4,6,9H,1-2,5,7H2,(H,14,16). The highest BCUT2D eigenvalue weighted by molar-refractivity contribution is 7.92. The van der Waals surface area contributed by atoms with Gasteiger partial charge in [-0.3, -0.25) is 14.9 Å². The van der Waals surface area contributed by atoms with E-state index in [1.807, 2.05) is 0 Å². The van der Waals surface area contributed by atoms with E-state index < -0.39 is 43.0 Å². The number of nitro benzene ring substituents is 1. The number of amides is 1. The van der Waals surface area contributed by atoms with E-state index in [9.17, 15) is 27.7 Å². The summed E-state index contributed by atoms with van der Waals surface area (Å²) in [5.74, 6) is -1.56. The number of carbonyl (C=O) groups is 1. The molecule has 1 amide bonds. The molecule has 1 aliphatic rings. The van der Waals surface area contributed by atoms with Crippen molar-refractivity contribution in [2.75, 3.05) is 12.3 Å². The van der Waals surface area contributed by atoms with Gasteiger partial charge in [0.2, 0.25) is 0 Å². The van der Waals surface area contributed by atoms with Crippen LogP contribution in [-0.4, -0.2) is 36.8 Å². The molecule has 0 bridgehead atoms. The number of hydrogen-bond donors (Lipinski definition) is 1. The maximum Gasteiger partial charge on any atom is 0.282 e. The Bertz CT molecular complexity index is 689. The molecule has 2 rings (SSSR count). The van der Waals surface area contributed by atoms with E-state index in [0.717, 1.165) is 18.2 Å². The van der Waals surface area contributed by atoms with Gasteiger partial charge in [0.05, 0.1) is 15.9 Å². The van der Waals surface area contributed by atoms with Gasteiger partial charge in [0, 0.05) is 12.6 Å². The van der Waals surface area contributed by atoms with Crippen molar-refractivity contribution in [3.63, 3.8) is 0 Å². The van der Waals surface area contributed by atoms with E-state index in [4.69, 9.17) is 0 Å². The van der Waals surface area contributed by atoms with Crippen LogP contribution < -0.4 is 5.32 Å². The molecule has 1 atom stereocenters. The predicted molar refractivity (Wildman–Crippen MR) is 72.2 cm³/mol. The van der Waals surface area contributed by atoms with Crippen LogP contribution in [0.3, 0.4) is 0 Å². The number of benzene rings is 1. The Morgan fingerprint density at radius 2 is 2.19 bits per heavy atom. The molecule has 1 N–H and O–H groups in total. The second kappa shape index (κ2) is 5.76. The maximum absolute atomic E-state index is 13.1. The van der Waals surface area contributed by atoms with E-state index in [1.165, 1.54) is 0 Å². The highest BCUT2D eigenvalue weighted by Crippen LogP contribution is 2.21. The normalized spacial score (nSPS) is 20.1. The first-order chi connectivity index (χ1) is 9.81. The fraction of sp³-hybridized carbons (Fsp3) is 0.417. The van der Waals surface area contributed by atoms with Crippen molar-refractivity contribution in [1.29, 1.82) is 0 Å². The minimum atomic E-state index is -3.22. The lowest BCUT2D eigenvalue weighted by Gasteiger charge is -2.11. The summed E-state index contributed by atoms with van der Waals surface area (Å²) in [5, 5.41) is 12.5. The van der Waals surface area contributed by atoms with Gasteiger partial charge < -0.3 is 5.32 Å². The molecule has 1 unspecified atom stereocenters. The molecule has 0 spiro atoms. The summed E-state index contributed by atoms with van der Waals surface area (Å²) in [7, 11) is -3.22. The number of carbonyl (C=O) groups excluding carboxylic acids is 1. The van der Waals surface area contributed by atoms with E-state index in [2.05, 4.69) is 5.32 Å². The van der Waals surface area contributed by atoms with Crippen LogP contribution >= 0.6 is 0 Å². The van der Waals surface area contributed by atoms with Crippen molar-refractivity contribution in [2.45, 2.75) is 18.1 Å². The SMILES string of the molecule is O=C(NCC1CCCS1(=O)=O)c1cc(F)ccc1[N+](=O)[O-]. The van der Waals surface area contributed by atoms with Crippen molar-refractivity contribution >= 4 is 21.4 Å². The maximum atomic E-state index is 13.1. The molecular weight excluding hydrogens is 303 g/mol. The number of halogens is 1. The topological polar surface area (TPSA) is 106 Å². The third-order valence-corrected chi connectivity index (χ3v) is 5.63. The first-order valence-electron chi connectivity index (χ1n) is 6.25. The molecule has 21 heavy (non-hydrogen) atoms. The van der Waals surface area contributed by atoms with Crippen LogP contribution in [0.4, 0.5) is 10.1 Å². The molecule has 114 valence electrons. The number of nitrogens with zero attached hydrogens (tertiary/aromatic N) is 1. The quantitative estimate of drug-likeness (QED) is 0.660. The smallest absolute Gasteiger partial charge is 0.282 e. The molecule has 7 nitrogen and oxygen atoms in total. The second-order valence-electron chi connectivity index (χ2n) is 4.76. The molecule has 0 aliphatic carbocycles. The van der Waals surface area contributed by atoms with Gasteiger partial charge in [0.15, 0.2) is 9.84 Å². The number of rotatable bonds is 4. The van der Waals surface area contributed by atoms with Crippen molar-refractivity contribution in [3.05, 3.63) is 39.7 Å². The van der Waals surface area contributed by atoms with Gasteiger partial charge in [0.1, 0.15) is 11.4 Å². The zero-order chi connectivity index (χ0) is 15.6. The summed E-state index contributed by atoms with van der Waals surface area (Å²) in [6, 6.07) is 2.55. The Morgan fingerprint density at radius 1 is 1.48 bits per heavy atom. The van der Waals surface area contributed by atoms with Crippen molar-refractivity contribution in [1.82, 2.24) is 5.32 Å². The van der Waals surface area contributed by atoms with Gasteiger partial charge in [-0.25, -0.2) is 12.8 Å². The molecular formula is C12H13FN2O5S. The Hall–Kier alpha value is -2.03. The van der Waals surface area contributed by atoms with Crippen LogP contribution in [-0.2, 0) is 9.84 Å². The van der Waals surface area contributed by atoms with E-state index in [-0.39, 0.29) is 12.3 Å². The zero-order valence-corrected chi connectivity index (χ0v) is 11.7. The van der Waals surface area contributed by atoms with Gasteiger partial charge >= 0.3 is 0 Å². The Morgan fingerprint density at radius 3 is 2.76 bits per heavy atom. The third kappa shape index (κ3) is 3.35. The molecule has 9 heteroatoms. The average Bonchev–Trinajstić information content (AvgIpc) is 2.74. The summed E-state index contributed by atoms with van der Waals surface area (Å²) in [6.45, 7) is -0.130. The van der Waals surface area contributed by atoms with Gasteiger partial charge in [-0.1, -0.05) is 0 Å². The van der Waals surface area contributed by atoms with Gasteiger partial charge in [-0.2, -0.15) is 0 Å². The number of nitro groups is 1. The lowest BCUT2D eigenvalue weighted by atomic mass is 10.1. The van der Waals surface area contributed by atoms with Crippen LogP contribution in [0.15, 0.2) is 18.2 Å². The van der Waals surface area contributed by atoms with Crippen LogP contribution in [0.2, 0.25) is 0 Å². The van der Waals surface area contributed by atoms with Crippen LogP contribution in [0.1, 0.15) is 23.2 Å². The Balaban J connectivity index is 2.14. The summed E-state index contributed by atoms with van der Waals surface area (Å²) in [5.41, 5.74) is -0.946. The largest absolute Gasteiger partial charge is 0.351 e. The lowest BCUT2D eigenvalue weighted by Crippen LogP contribution is -2.34. The molecule has 0 radical (unpaired) electrons. The van der Waals surface area contributed by atoms with Crippen molar-refractivity contribution in [3.8, 4) is 0 Å². The van der Waals surface area contributed by atoms with Gasteiger partial charge in [-0.15, -0.1) is 0 Å². The number of sulfone groups is 1. The summed E-state index contributed by atoms with van der Waals surface area (Å²) in [4.78, 5) is 21.9. The highest BCUT2D eigenvalue weighted by atomic mass is 32.2. The fourth-order valence-electron chi connectivity index (χ4n) is 2.24. The molecule has 0 aromatic heterocycles. The summed E-state index contributed by atoms with van der Waals surface area (Å²) >= 11 is 0. The molecule has 1 heterocycles. The predicted octanol–water partition coefficient (Wildman–Crippen LogP) is 1.04. The summed E-state index contributed by atoms with van der Waals surface area (Å²) in [6.07, 6.45) is 0.969. The van der Waals surface area contributed by atoms with Crippen LogP contribution in [0.5, 0.6) is 0 Å². The minimum Gasteiger partial charge on any atom is -0.351 e. The second-order valence-corrected chi connectivity index (χ2v) is 7.16. The Kier molecular flexibility index (Phi) is 4.21. The molecule has 1 aromatic rings. The molecule has 1 aromatic carbocycles. The summed E-state index contributed by atoms with van der Waals surface area (Å²) < 4.78 is 36.4. The van der Waals surface area contributed by atoms with Crippen LogP contribution in [0, 0.1) is 15.9 Å². The third-order valence-electron chi connectivity index (χ3n) is 3.35. The lowest BCUT2D eigenvalue weighted by molar-refractivity contribution is -0.385. The van der Waals surface area contributed by atoms with E-state index in [0.29, 0.717) is 12.8 Å². The Labute approximate surface area is 120 Å². The van der Waals surface area contributed by atoms with E-state index in [1.54, 1.807) is 0 Å². The van der Waals surface area contributed by atoms with E-state index >= 15 is 0 Å². The number of hydrogen-bond acceptors (Lipinski definition) is 5. The first-order valence-corrected chi connectivity index (χ1v) is 7.96. The minimum absolute atomic E-state index is 0.0770. The highest BCUT2D eigenvalue weighted by Gasteiger charge is 2.32. The molecule has 1 fully saturated rings. The van der Waals surface area contributed by atoms with Crippen molar-refractivity contribution in [2.24, 2.45) is 0 Å². The van der Waals surface area contributed by atoms with Crippen LogP contribution in [0.25, 0.3) is 0 Å². The molecule has 0 saturated carbocycles. The van der Waals surface area contributed by atoms with Gasteiger partial charge in [-0.05, 0) is 25.0 Å². The van der Waals surface area contributed by atoms with Crippen molar-refractivity contribution < 1.29 is 22.5 Å². The van der Waals surface area contributed by atoms with Gasteiger partial charge in [0.25, 0.3) is 11.6 Å². The monoisotopic (exact) mass is 316 g/mol. The molecule has 1 aliphatic heterocycles. The zero-order valence-electron chi connectivity index (χ0n) is 10.9. The molecule has 1 saturated heterocycles.